The summed E-state index contributed by atoms with van der Waals surface area (Å²) in [5, 5.41) is 3.97. The maximum absolute atomic E-state index is 13.0. The average Bonchev–Trinajstić information content (AvgIpc) is 2.81. The average molecular weight is 439 g/mol. The zero-order chi connectivity index (χ0) is 22.1. The lowest BCUT2D eigenvalue weighted by Gasteiger charge is -2.35. The molecule has 3 aromatic rings. The summed E-state index contributed by atoms with van der Waals surface area (Å²) in [5.41, 5.74) is 2.33. The molecule has 3 rings (SSSR count). The van der Waals surface area contributed by atoms with Crippen molar-refractivity contribution in [3.8, 4) is 0 Å². The topological polar surface area (TPSA) is 60.4 Å². The smallest absolute Gasteiger partial charge is 0.277 e. The van der Waals surface area contributed by atoms with E-state index >= 15 is 0 Å². The second kappa shape index (κ2) is 11.0. The van der Waals surface area contributed by atoms with Crippen molar-refractivity contribution < 1.29 is 14.3 Å². The van der Waals surface area contributed by atoms with Gasteiger partial charge in [-0.15, -0.1) is 0 Å². The standard InChI is InChI=1S/C25H27ClN2O3/c1-3-16-30-25(31-17-4-2,28-22-8-6-5-7-9-22)20-14-15-27-23(18-20)24(29)19-10-12-21(26)13-11-19/h5-15,18,28H,3-4,16-17H2,1-2H3. The Labute approximate surface area is 188 Å². The Kier molecular flexibility index (Phi) is 8.18. The van der Waals surface area contributed by atoms with Crippen LogP contribution in [-0.4, -0.2) is 24.0 Å². The minimum absolute atomic E-state index is 0.196. The van der Waals surface area contributed by atoms with E-state index in [2.05, 4.69) is 10.3 Å². The van der Waals surface area contributed by atoms with Gasteiger partial charge in [0.25, 0.3) is 5.91 Å². The van der Waals surface area contributed by atoms with E-state index in [4.69, 9.17) is 21.1 Å². The normalized spacial score (nSPS) is 11.3. The van der Waals surface area contributed by atoms with Crippen molar-refractivity contribution in [1.82, 2.24) is 4.98 Å². The fourth-order valence-corrected chi connectivity index (χ4v) is 3.19. The Morgan fingerprint density at radius 3 is 2.23 bits per heavy atom. The van der Waals surface area contributed by atoms with Crippen LogP contribution in [0, 0.1) is 0 Å². The summed E-state index contributed by atoms with van der Waals surface area (Å²) >= 11 is 5.95. The molecule has 31 heavy (non-hydrogen) atoms. The number of halogens is 1. The number of carbonyl (C=O) groups excluding carboxylic acids is 1. The molecule has 162 valence electrons. The highest BCUT2D eigenvalue weighted by atomic mass is 35.5. The first-order valence-electron chi connectivity index (χ1n) is 10.5. The summed E-state index contributed by atoms with van der Waals surface area (Å²) < 4.78 is 12.5. The predicted molar refractivity (Wildman–Crippen MR) is 123 cm³/mol. The molecule has 0 unspecified atom stereocenters. The third-order valence-electron chi connectivity index (χ3n) is 4.58. The number of hydrogen-bond acceptors (Lipinski definition) is 5. The van der Waals surface area contributed by atoms with E-state index in [1.807, 2.05) is 44.2 Å². The van der Waals surface area contributed by atoms with E-state index in [9.17, 15) is 4.79 Å². The zero-order valence-corrected chi connectivity index (χ0v) is 18.6. The van der Waals surface area contributed by atoms with Crippen molar-refractivity contribution in [3.63, 3.8) is 0 Å². The van der Waals surface area contributed by atoms with Crippen LogP contribution in [0.5, 0.6) is 0 Å². The molecule has 1 N–H and O–H groups in total. The first-order chi connectivity index (χ1) is 15.1. The van der Waals surface area contributed by atoms with Crippen LogP contribution in [-0.2, 0) is 15.4 Å². The lowest BCUT2D eigenvalue weighted by molar-refractivity contribution is -0.227. The molecule has 6 heteroatoms. The van der Waals surface area contributed by atoms with Gasteiger partial charge < -0.3 is 14.8 Å². The molecule has 0 amide bonds. The van der Waals surface area contributed by atoms with Crippen LogP contribution in [0.2, 0.25) is 5.02 Å². The number of para-hydroxylation sites is 1. The lowest BCUT2D eigenvalue weighted by Crippen LogP contribution is -2.42. The van der Waals surface area contributed by atoms with Crippen molar-refractivity contribution in [2.24, 2.45) is 0 Å². The molecule has 0 aliphatic rings. The number of ether oxygens (including phenoxy) is 2. The molecular weight excluding hydrogens is 412 g/mol. The summed E-state index contributed by atoms with van der Waals surface area (Å²) in [6.07, 6.45) is 3.23. The molecule has 0 aliphatic carbocycles. The van der Waals surface area contributed by atoms with Crippen LogP contribution in [0.1, 0.15) is 48.3 Å². The van der Waals surface area contributed by atoms with Gasteiger partial charge in [-0.1, -0.05) is 43.6 Å². The number of benzene rings is 2. The fourth-order valence-electron chi connectivity index (χ4n) is 3.06. The van der Waals surface area contributed by atoms with E-state index < -0.39 is 5.91 Å². The molecule has 0 bridgehead atoms. The van der Waals surface area contributed by atoms with Gasteiger partial charge in [0.05, 0.1) is 13.2 Å². The third-order valence-corrected chi connectivity index (χ3v) is 4.83. The zero-order valence-electron chi connectivity index (χ0n) is 17.8. The van der Waals surface area contributed by atoms with E-state index in [0.29, 0.717) is 35.1 Å². The highest BCUT2D eigenvalue weighted by molar-refractivity contribution is 6.30. The molecule has 0 saturated heterocycles. The molecule has 1 aromatic heterocycles. The molecular formula is C25H27ClN2O3. The molecule has 0 fully saturated rings. The highest BCUT2D eigenvalue weighted by Gasteiger charge is 2.35. The first-order valence-corrected chi connectivity index (χ1v) is 10.8. The van der Waals surface area contributed by atoms with Gasteiger partial charge in [0.1, 0.15) is 5.69 Å². The fraction of sp³-hybridized carbons (Fsp3) is 0.280. The van der Waals surface area contributed by atoms with Crippen LogP contribution in [0.25, 0.3) is 0 Å². The van der Waals surface area contributed by atoms with E-state index in [0.717, 1.165) is 18.5 Å². The Bertz CT molecular complexity index is 970. The summed E-state index contributed by atoms with van der Waals surface area (Å²) in [4.78, 5) is 17.3. The monoisotopic (exact) mass is 438 g/mol. The summed E-state index contributed by atoms with van der Waals surface area (Å²) in [6, 6.07) is 20.0. The minimum Gasteiger partial charge on any atom is -0.331 e. The van der Waals surface area contributed by atoms with Gasteiger partial charge in [0, 0.05) is 28.0 Å². The van der Waals surface area contributed by atoms with Gasteiger partial charge >= 0.3 is 0 Å². The maximum atomic E-state index is 13.0. The summed E-state index contributed by atoms with van der Waals surface area (Å²) in [7, 11) is 0. The van der Waals surface area contributed by atoms with Gasteiger partial charge in [-0.2, -0.15) is 0 Å². The number of nitrogens with one attached hydrogen (secondary N) is 1. The van der Waals surface area contributed by atoms with Gasteiger partial charge in [-0.25, -0.2) is 0 Å². The van der Waals surface area contributed by atoms with Crippen LogP contribution >= 0.6 is 11.6 Å². The number of ketones is 1. The second-order valence-electron chi connectivity index (χ2n) is 7.07. The van der Waals surface area contributed by atoms with Crippen molar-refractivity contribution >= 4 is 23.1 Å². The number of hydrogen-bond donors (Lipinski definition) is 1. The SMILES string of the molecule is CCCOC(Nc1ccccc1)(OCCC)c1ccnc(C(=O)c2ccc(Cl)cc2)c1. The largest absolute Gasteiger partial charge is 0.331 e. The van der Waals surface area contributed by atoms with Crippen LogP contribution in [0.4, 0.5) is 5.69 Å². The van der Waals surface area contributed by atoms with Crippen molar-refractivity contribution in [3.05, 3.63) is 94.8 Å². The number of anilines is 1. The molecule has 0 aliphatic heterocycles. The molecule has 1 heterocycles. The Morgan fingerprint density at radius 1 is 0.968 bits per heavy atom. The molecule has 5 nitrogen and oxygen atoms in total. The van der Waals surface area contributed by atoms with Gasteiger partial charge in [0.2, 0.25) is 5.78 Å². The molecule has 0 spiro atoms. The Balaban J connectivity index is 2.01. The summed E-state index contributed by atoms with van der Waals surface area (Å²) in [6.45, 7) is 5.03. The van der Waals surface area contributed by atoms with Crippen LogP contribution in [0.15, 0.2) is 72.9 Å². The van der Waals surface area contributed by atoms with Crippen LogP contribution in [0.3, 0.4) is 0 Å². The van der Waals surface area contributed by atoms with E-state index in [1.165, 1.54) is 0 Å². The quantitative estimate of drug-likeness (QED) is 0.292. The van der Waals surface area contributed by atoms with Crippen molar-refractivity contribution in [1.29, 1.82) is 0 Å². The number of rotatable bonds is 11. The number of aromatic nitrogens is 1. The molecule has 0 atom stereocenters. The molecule has 2 aromatic carbocycles. The number of carbonyl (C=O) groups is 1. The van der Waals surface area contributed by atoms with Crippen molar-refractivity contribution in [2.45, 2.75) is 32.6 Å². The lowest BCUT2D eigenvalue weighted by atomic mass is 10.0. The number of nitrogens with zero attached hydrogens (tertiary/aromatic N) is 1. The third kappa shape index (κ3) is 5.91. The number of pyridine rings is 1. The van der Waals surface area contributed by atoms with Crippen LogP contribution < -0.4 is 5.32 Å². The van der Waals surface area contributed by atoms with E-state index in [-0.39, 0.29) is 5.78 Å². The maximum Gasteiger partial charge on any atom is 0.277 e. The minimum atomic E-state index is -1.24. The molecule has 0 radical (unpaired) electrons. The van der Waals surface area contributed by atoms with Gasteiger partial charge in [-0.05, 0) is 61.4 Å². The first kappa shape index (κ1) is 22.9. The molecule has 0 saturated carbocycles. The Morgan fingerprint density at radius 2 is 1.61 bits per heavy atom. The highest BCUT2D eigenvalue weighted by Crippen LogP contribution is 2.31. The second-order valence-corrected chi connectivity index (χ2v) is 7.51. The van der Waals surface area contributed by atoms with E-state index in [1.54, 1.807) is 42.6 Å². The predicted octanol–water partition coefficient (Wildman–Crippen LogP) is 6.04. The van der Waals surface area contributed by atoms with Gasteiger partial charge in [-0.3, -0.25) is 9.78 Å². The summed E-state index contributed by atoms with van der Waals surface area (Å²) in [5.74, 6) is -1.44. The Hall–Kier alpha value is -2.73. The van der Waals surface area contributed by atoms with Crippen molar-refractivity contribution in [2.75, 3.05) is 18.5 Å². The van der Waals surface area contributed by atoms with Gasteiger partial charge in [0.15, 0.2) is 0 Å².